The number of thiazole rings is 1. The van der Waals surface area contributed by atoms with Gasteiger partial charge in [0.25, 0.3) is 10.0 Å². The van der Waals surface area contributed by atoms with Crippen LogP contribution >= 0.6 is 11.3 Å². The smallest absolute Gasteiger partial charge is 0.350 e. The van der Waals surface area contributed by atoms with Gasteiger partial charge in [0.2, 0.25) is 5.91 Å². The van der Waals surface area contributed by atoms with Crippen molar-refractivity contribution in [1.29, 1.82) is 0 Å². The number of benzene rings is 1. The van der Waals surface area contributed by atoms with Crippen molar-refractivity contribution in [1.82, 2.24) is 4.98 Å². The Labute approximate surface area is 154 Å². The molecule has 8 nitrogen and oxygen atoms in total. The Morgan fingerprint density at radius 3 is 2.69 bits per heavy atom. The monoisotopic (exact) mass is 395 g/mol. The standard InChI is InChI=1S/C16H17N3O5S2/c1-8-12(13(20)24-4)25-15(17-8)19-26(22,23)9-5-6-11-10(7-9)16(2,3)14(21)18-11/h5-7H,1-4H3,(H,17,19)(H,18,21). The van der Waals surface area contributed by atoms with Gasteiger partial charge >= 0.3 is 5.97 Å². The van der Waals surface area contributed by atoms with Crippen LogP contribution < -0.4 is 10.0 Å². The summed E-state index contributed by atoms with van der Waals surface area (Å²) >= 11 is 0.897. The van der Waals surface area contributed by atoms with Crippen LogP contribution in [0.3, 0.4) is 0 Å². The second-order valence-electron chi connectivity index (χ2n) is 6.32. The molecule has 2 aromatic rings. The van der Waals surface area contributed by atoms with E-state index in [9.17, 15) is 18.0 Å². The zero-order chi connectivity index (χ0) is 19.3. The maximum atomic E-state index is 12.7. The summed E-state index contributed by atoms with van der Waals surface area (Å²) in [7, 11) is -2.69. The normalized spacial score (nSPS) is 15.3. The number of hydrogen-bond donors (Lipinski definition) is 2. The van der Waals surface area contributed by atoms with E-state index < -0.39 is 21.4 Å². The number of carbonyl (C=O) groups is 2. The second-order valence-corrected chi connectivity index (χ2v) is 9.00. The quantitative estimate of drug-likeness (QED) is 0.768. The Hall–Kier alpha value is -2.46. The topological polar surface area (TPSA) is 114 Å². The molecule has 0 fully saturated rings. The molecule has 0 radical (unpaired) electrons. The highest BCUT2D eigenvalue weighted by Crippen LogP contribution is 2.38. The second kappa shape index (κ2) is 6.06. The van der Waals surface area contributed by atoms with E-state index in [1.165, 1.54) is 19.2 Å². The molecular formula is C16H17N3O5S2. The van der Waals surface area contributed by atoms with E-state index >= 15 is 0 Å². The van der Waals surface area contributed by atoms with E-state index in [2.05, 4.69) is 19.8 Å². The van der Waals surface area contributed by atoms with Crippen LogP contribution in [0.4, 0.5) is 10.8 Å². The van der Waals surface area contributed by atoms with Gasteiger partial charge in [0.15, 0.2) is 5.13 Å². The molecule has 1 aromatic heterocycles. The number of esters is 1. The van der Waals surface area contributed by atoms with Gasteiger partial charge in [-0.25, -0.2) is 18.2 Å². The average Bonchev–Trinajstić information content (AvgIpc) is 3.03. The van der Waals surface area contributed by atoms with E-state index in [0.717, 1.165) is 11.3 Å². The van der Waals surface area contributed by atoms with Gasteiger partial charge in [-0.2, -0.15) is 0 Å². The maximum absolute atomic E-state index is 12.7. The van der Waals surface area contributed by atoms with Crippen molar-refractivity contribution in [3.05, 3.63) is 34.3 Å². The number of aromatic nitrogens is 1. The number of sulfonamides is 1. The first-order valence-electron chi connectivity index (χ1n) is 7.61. The van der Waals surface area contributed by atoms with Crippen molar-refractivity contribution in [3.8, 4) is 0 Å². The van der Waals surface area contributed by atoms with Crippen molar-refractivity contribution < 1.29 is 22.7 Å². The molecule has 1 aromatic carbocycles. The van der Waals surface area contributed by atoms with Crippen LogP contribution in [0, 0.1) is 6.92 Å². The summed E-state index contributed by atoms with van der Waals surface area (Å²) in [5.74, 6) is -0.761. The van der Waals surface area contributed by atoms with Crippen LogP contribution in [0.5, 0.6) is 0 Å². The van der Waals surface area contributed by atoms with Crippen molar-refractivity contribution >= 4 is 44.1 Å². The molecular weight excluding hydrogens is 378 g/mol. The van der Waals surface area contributed by atoms with Crippen LogP contribution in [-0.4, -0.2) is 32.4 Å². The number of ether oxygens (including phenoxy) is 1. The molecule has 0 aliphatic carbocycles. The fourth-order valence-electron chi connectivity index (χ4n) is 2.61. The first kappa shape index (κ1) is 18.3. The van der Waals surface area contributed by atoms with E-state index in [1.54, 1.807) is 26.8 Å². The Balaban J connectivity index is 1.94. The number of carbonyl (C=O) groups excluding carboxylic acids is 2. The minimum atomic E-state index is -3.93. The molecule has 1 aliphatic heterocycles. The average molecular weight is 395 g/mol. The summed E-state index contributed by atoms with van der Waals surface area (Å²) in [5, 5.41) is 2.80. The molecule has 26 heavy (non-hydrogen) atoms. The number of methoxy groups -OCH3 is 1. The van der Waals surface area contributed by atoms with Gasteiger partial charge in [0.1, 0.15) is 4.88 Å². The molecule has 138 valence electrons. The summed E-state index contributed by atoms with van der Waals surface area (Å²) in [6.45, 7) is 5.05. The van der Waals surface area contributed by atoms with Gasteiger partial charge in [-0.3, -0.25) is 9.52 Å². The van der Waals surface area contributed by atoms with Crippen LogP contribution in [0.25, 0.3) is 0 Å². The van der Waals surface area contributed by atoms with Gasteiger partial charge in [0, 0.05) is 5.69 Å². The maximum Gasteiger partial charge on any atom is 0.350 e. The molecule has 0 saturated heterocycles. The number of aryl methyl sites for hydroxylation is 1. The molecule has 0 unspecified atom stereocenters. The lowest BCUT2D eigenvalue weighted by Crippen LogP contribution is -2.27. The number of amides is 1. The van der Waals surface area contributed by atoms with Crippen LogP contribution in [-0.2, 0) is 25.0 Å². The Bertz CT molecular complexity index is 1020. The van der Waals surface area contributed by atoms with Gasteiger partial charge in [0.05, 0.1) is 23.1 Å². The van der Waals surface area contributed by atoms with Crippen LogP contribution in [0.2, 0.25) is 0 Å². The largest absolute Gasteiger partial charge is 0.465 e. The summed E-state index contributed by atoms with van der Waals surface area (Å²) in [5.41, 5.74) is 0.758. The van der Waals surface area contributed by atoms with E-state index in [0.29, 0.717) is 16.9 Å². The van der Waals surface area contributed by atoms with Crippen molar-refractivity contribution in [2.45, 2.75) is 31.1 Å². The number of nitrogens with one attached hydrogen (secondary N) is 2. The third-order valence-corrected chi connectivity index (χ3v) is 6.70. The Morgan fingerprint density at radius 1 is 1.35 bits per heavy atom. The van der Waals surface area contributed by atoms with E-state index in [4.69, 9.17) is 0 Å². The molecule has 2 heterocycles. The van der Waals surface area contributed by atoms with Crippen molar-refractivity contribution in [2.75, 3.05) is 17.1 Å². The van der Waals surface area contributed by atoms with Crippen LogP contribution in [0.15, 0.2) is 23.1 Å². The molecule has 1 aliphatic rings. The lowest BCUT2D eigenvalue weighted by molar-refractivity contribution is -0.119. The molecule has 0 atom stereocenters. The molecule has 10 heteroatoms. The highest BCUT2D eigenvalue weighted by Gasteiger charge is 2.39. The zero-order valence-corrected chi connectivity index (χ0v) is 16.2. The van der Waals surface area contributed by atoms with Crippen LogP contribution in [0.1, 0.15) is 34.8 Å². The molecule has 0 spiro atoms. The summed E-state index contributed by atoms with van der Waals surface area (Å²) in [6, 6.07) is 4.44. The van der Waals surface area contributed by atoms with E-state index in [1.807, 2.05) is 0 Å². The molecule has 2 N–H and O–H groups in total. The number of hydrogen-bond acceptors (Lipinski definition) is 7. The highest BCUT2D eigenvalue weighted by atomic mass is 32.2. The van der Waals surface area contributed by atoms with Gasteiger partial charge in [-0.1, -0.05) is 11.3 Å². The SMILES string of the molecule is COC(=O)c1sc(NS(=O)(=O)c2ccc3c(c2)C(C)(C)C(=O)N3)nc1C. The third-order valence-electron chi connectivity index (χ3n) is 4.18. The lowest BCUT2D eigenvalue weighted by atomic mass is 9.86. The van der Waals surface area contributed by atoms with E-state index in [-0.39, 0.29) is 20.8 Å². The number of nitrogens with zero attached hydrogens (tertiary/aromatic N) is 1. The lowest BCUT2D eigenvalue weighted by Gasteiger charge is -2.15. The number of anilines is 2. The Morgan fingerprint density at radius 2 is 2.04 bits per heavy atom. The summed E-state index contributed by atoms with van der Waals surface area (Å²) < 4.78 is 32.4. The fourth-order valence-corrected chi connectivity index (χ4v) is 4.76. The molecule has 3 rings (SSSR count). The number of fused-ring (bicyclic) bond motifs is 1. The predicted molar refractivity (Wildman–Crippen MR) is 97.1 cm³/mol. The summed E-state index contributed by atoms with van der Waals surface area (Å²) in [6.07, 6.45) is 0. The Kier molecular flexibility index (Phi) is 4.27. The van der Waals surface area contributed by atoms with Gasteiger partial charge in [-0.15, -0.1) is 0 Å². The zero-order valence-electron chi connectivity index (χ0n) is 14.5. The summed E-state index contributed by atoms with van der Waals surface area (Å²) in [4.78, 5) is 28.0. The highest BCUT2D eigenvalue weighted by molar-refractivity contribution is 7.93. The minimum Gasteiger partial charge on any atom is -0.465 e. The molecule has 0 saturated carbocycles. The first-order chi connectivity index (χ1) is 12.1. The van der Waals surface area contributed by atoms with Crippen molar-refractivity contribution in [2.24, 2.45) is 0 Å². The fraction of sp³-hybridized carbons (Fsp3) is 0.312. The molecule has 1 amide bonds. The van der Waals surface area contributed by atoms with Crippen molar-refractivity contribution in [3.63, 3.8) is 0 Å². The first-order valence-corrected chi connectivity index (χ1v) is 9.91. The predicted octanol–water partition coefficient (Wildman–Crippen LogP) is 2.27. The third kappa shape index (κ3) is 2.95. The van der Waals surface area contributed by atoms with Gasteiger partial charge in [-0.05, 0) is 44.5 Å². The minimum absolute atomic E-state index is 0.00768. The number of rotatable bonds is 4. The van der Waals surface area contributed by atoms with Gasteiger partial charge < -0.3 is 10.1 Å². The molecule has 0 bridgehead atoms.